The Labute approximate surface area is 134 Å². The molecular weight excluding hydrogens is 298 g/mol. The third-order valence-electron chi connectivity index (χ3n) is 3.61. The molecule has 0 atom stereocenters. The lowest BCUT2D eigenvalue weighted by molar-refractivity contribution is 0.0733. The fourth-order valence-corrected chi connectivity index (χ4v) is 2.22. The molecule has 0 aliphatic carbocycles. The van der Waals surface area contributed by atoms with Crippen molar-refractivity contribution < 1.29 is 13.6 Å². The SMILES string of the molecule is CC(C)(C)c1ccc(CN(N)C(=O)c2c(F)cccc2F)cc1. The number of carbonyl (C=O) groups is 1. The number of amides is 1. The van der Waals surface area contributed by atoms with Gasteiger partial charge in [-0.1, -0.05) is 51.1 Å². The first-order chi connectivity index (χ1) is 10.7. The topological polar surface area (TPSA) is 46.3 Å². The van der Waals surface area contributed by atoms with Crippen molar-refractivity contribution in [2.24, 2.45) is 5.84 Å². The third kappa shape index (κ3) is 3.93. The van der Waals surface area contributed by atoms with E-state index in [1.54, 1.807) is 0 Å². The quantitative estimate of drug-likeness (QED) is 0.532. The van der Waals surface area contributed by atoms with E-state index in [9.17, 15) is 13.6 Å². The van der Waals surface area contributed by atoms with Gasteiger partial charge in [0, 0.05) is 0 Å². The van der Waals surface area contributed by atoms with Crippen molar-refractivity contribution in [2.75, 3.05) is 0 Å². The number of rotatable bonds is 3. The second-order valence-corrected chi connectivity index (χ2v) is 6.48. The van der Waals surface area contributed by atoms with Crippen LogP contribution in [0.3, 0.4) is 0 Å². The number of nitrogens with two attached hydrogens (primary N) is 1. The molecule has 0 heterocycles. The lowest BCUT2D eigenvalue weighted by Gasteiger charge is -2.21. The Hall–Kier alpha value is -2.27. The first-order valence-corrected chi connectivity index (χ1v) is 7.30. The van der Waals surface area contributed by atoms with E-state index in [-0.39, 0.29) is 12.0 Å². The number of carbonyl (C=O) groups excluding carboxylic acids is 1. The predicted molar refractivity (Wildman–Crippen MR) is 85.6 cm³/mol. The average Bonchev–Trinajstić information content (AvgIpc) is 2.46. The van der Waals surface area contributed by atoms with Crippen molar-refractivity contribution in [1.82, 2.24) is 5.01 Å². The second kappa shape index (κ2) is 6.46. The van der Waals surface area contributed by atoms with Gasteiger partial charge in [0.25, 0.3) is 5.91 Å². The first kappa shape index (κ1) is 17.1. The molecule has 0 aliphatic heterocycles. The molecule has 0 spiro atoms. The molecule has 0 aliphatic rings. The molecule has 0 radical (unpaired) electrons. The van der Waals surface area contributed by atoms with E-state index in [4.69, 9.17) is 5.84 Å². The van der Waals surface area contributed by atoms with Crippen LogP contribution in [0.2, 0.25) is 0 Å². The predicted octanol–water partition coefficient (Wildman–Crippen LogP) is 3.78. The zero-order valence-electron chi connectivity index (χ0n) is 13.4. The minimum absolute atomic E-state index is 0.0209. The first-order valence-electron chi connectivity index (χ1n) is 7.30. The van der Waals surface area contributed by atoms with Crippen LogP contribution in [0.5, 0.6) is 0 Å². The molecule has 2 aromatic rings. The van der Waals surface area contributed by atoms with E-state index in [1.807, 2.05) is 24.3 Å². The van der Waals surface area contributed by atoms with E-state index in [1.165, 1.54) is 6.07 Å². The van der Waals surface area contributed by atoms with Gasteiger partial charge in [-0.2, -0.15) is 0 Å². The Morgan fingerprint density at radius 1 is 1.04 bits per heavy atom. The van der Waals surface area contributed by atoms with Gasteiger partial charge in [-0.25, -0.2) is 14.6 Å². The normalized spacial score (nSPS) is 11.4. The van der Waals surface area contributed by atoms with Gasteiger partial charge in [0.2, 0.25) is 0 Å². The van der Waals surface area contributed by atoms with Crippen LogP contribution in [0.15, 0.2) is 42.5 Å². The highest BCUT2D eigenvalue weighted by atomic mass is 19.1. The molecule has 0 unspecified atom stereocenters. The van der Waals surface area contributed by atoms with Crippen LogP contribution in [0.25, 0.3) is 0 Å². The summed E-state index contributed by atoms with van der Waals surface area (Å²) in [6, 6.07) is 10.9. The summed E-state index contributed by atoms with van der Waals surface area (Å²) in [5, 5.41) is 0.813. The molecule has 0 fully saturated rings. The molecule has 122 valence electrons. The molecule has 2 aromatic carbocycles. The monoisotopic (exact) mass is 318 g/mol. The molecule has 0 saturated heterocycles. The Morgan fingerprint density at radius 2 is 1.57 bits per heavy atom. The van der Waals surface area contributed by atoms with Gasteiger partial charge in [-0.05, 0) is 28.7 Å². The highest BCUT2D eigenvalue weighted by Gasteiger charge is 2.21. The van der Waals surface area contributed by atoms with Crippen LogP contribution in [0.1, 0.15) is 42.3 Å². The van der Waals surface area contributed by atoms with Crippen molar-refractivity contribution in [2.45, 2.75) is 32.7 Å². The van der Waals surface area contributed by atoms with Crippen LogP contribution in [0.4, 0.5) is 8.78 Å². The number of hydrogen-bond donors (Lipinski definition) is 1. The molecular formula is C18H20F2N2O. The minimum Gasteiger partial charge on any atom is -0.272 e. The summed E-state index contributed by atoms with van der Waals surface area (Å²) < 4.78 is 27.3. The molecule has 2 N–H and O–H groups in total. The van der Waals surface area contributed by atoms with Crippen molar-refractivity contribution in [1.29, 1.82) is 0 Å². The fraction of sp³-hybridized carbons (Fsp3) is 0.278. The summed E-state index contributed by atoms with van der Waals surface area (Å²) in [6.45, 7) is 6.36. The zero-order chi connectivity index (χ0) is 17.2. The molecule has 0 saturated carbocycles. The molecule has 1 amide bonds. The van der Waals surface area contributed by atoms with E-state index in [0.717, 1.165) is 28.3 Å². The van der Waals surface area contributed by atoms with Gasteiger partial charge in [-0.15, -0.1) is 0 Å². The lowest BCUT2D eigenvalue weighted by atomic mass is 9.87. The summed E-state index contributed by atoms with van der Waals surface area (Å²) in [6.07, 6.45) is 0. The summed E-state index contributed by atoms with van der Waals surface area (Å²) in [7, 11) is 0. The number of nitrogens with zero attached hydrogens (tertiary/aromatic N) is 1. The number of benzene rings is 2. The maximum atomic E-state index is 13.6. The van der Waals surface area contributed by atoms with E-state index < -0.39 is 23.1 Å². The number of hydrogen-bond acceptors (Lipinski definition) is 2. The van der Waals surface area contributed by atoms with Crippen LogP contribution < -0.4 is 5.84 Å². The molecule has 0 bridgehead atoms. The van der Waals surface area contributed by atoms with Crippen LogP contribution in [-0.2, 0) is 12.0 Å². The van der Waals surface area contributed by atoms with Gasteiger partial charge in [0.15, 0.2) is 0 Å². The van der Waals surface area contributed by atoms with Gasteiger partial charge in [0.05, 0.1) is 6.54 Å². The van der Waals surface area contributed by atoms with Crippen molar-refractivity contribution >= 4 is 5.91 Å². The summed E-state index contributed by atoms with van der Waals surface area (Å²) in [4.78, 5) is 12.1. The van der Waals surface area contributed by atoms with Crippen molar-refractivity contribution in [3.63, 3.8) is 0 Å². The molecule has 3 nitrogen and oxygen atoms in total. The summed E-state index contributed by atoms with van der Waals surface area (Å²) in [5.41, 5.74) is 1.32. The second-order valence-electron chi connectivity index (χ2n) is 6.48. The molecule has 0 aromatic heterocycles. The lowest BCUT2D eigenvalue weighted by Crippen LogP contribution is -2.37. The molecule has 23 heavy (non-hydrogen) atoms. The van der Waals surface area contributed by atoms with Crippen molar-refractivity contribution in [3.8, 4) is 0 Å². The maximum Gasteiger partial charge on any atom is 0.274 e. The number of hydrazine groups is 1. The Morgan fingerprint density at radius 3 is 2.04 bits per heavy atom. The Kier molecular flexibility index (Phi) is 4.80. The van der Waals surface area contributed by atoms with E-state index in [0.29, 0.717) is 0 Å². The maximum absolute atomic E-state index is 13.6. The van der Waals surface area contributed by atoms with Crippen LogP contribution in [0, 0.1) is 11.6 Å². The standard InChI is InChI=1S/C18H20F2N2O/c1-18(2,3)13-9-7-12(8-10-13)11-22(21)17(23)16-14(19)5-4-6-15(16)20/h4-10H,11,21H2,1-3H3. The minimum atomic E-state index is -0.923. The highest BCUT2D eigenvalue weighted by Crippen LogP contribution is 2.22. The zero-order valence-corrected chi connectivity index (χ0v) is 13.4. The smallest absolute Gasteiger partial charge is 0.272 e. The van der Waals surface area contributed by atoms with E-state index >= 15 is 0 Å². The fourth-order valence-electron chi connectivity index (χ4n) is 2.22. The van der Waals surface area contributed by atoms with Crippen LogP contribution >= 0.6 is 0 Å². The van der Waals surface area contributed by atoms with Gasteiger partial charge in [0.1, 0.15) is 17.2 Å². The van der Waals surface area contributed by atoms with Gasteiger partial charge in [-0.3, -0.25) is 9.80 Å². The Bertz CT molecular complexity index is 686. The Balaban J connectivity index is 2.16. The van der Waals surface area contributed by atoms with Crippen LogP contribution in [-0.4, -0.2) is 10.9 Å². The third-order valence-corrected chi connectivity index (χ3v) is 3.61. The summed E-state index contributed by atoms with van der Waals surface area (Å²) in [5.74, 6) is 2.96. The van der Waals surface area contributed by atoms with Gasteiger partial charge < -0.3 is 0 Å². The van der Waals surface area contributed by atoms with E-state index in [2.05, 4.69) is 20.8 Å². The van der Waals surface area contributed by atoms with Gasteiger partial charge >= 0.3 is 0 Å². The molecule has 5 heteroatoms. The highest BCUT2D eigenvalue weighted by molar-refractivity contribution is 5.94. The summed E-state index contributed by atoms with van der Waals surface area (Å²) >= 11 is 0. The average molecular weight is 318 g/mol. The largest absolute Gasteiger partial charge is 0.274 e. The van der Waals surface area contributed by atoms with Crippen molar-refractivity contribution in [3.05, 3.63) is 70.8 Å². The molecule has 2 rings (SSSR count). The number of halogens is 2.